The van der Waals surface area contributed by atoms with Gasteiger partial charge in [-0.15, -0.1) is 22.7 Å². The molecule has 3 heterocycles. The van der Waals surface area contributed by atoms with Gasteiger partial charge in [-0.1, -0.05) is 91.0 Å². The molecule has 1 aliphatic rings. The van der Waals surface area contributed by atoms with Crippen molar-refractivity contribution >= 4 is 32.9 Å². The first kappa shape index (κ1) is 35.1. The molecule has 0 amide bonds. The van der Waals surface area contributed by atoms with Crippen molar-refractivity contribution < 1.29 is 28.1 Å². The van der Waals surface area contributed by atoms with Gasteiger partial charge in [-0.05, 0) is 75.5 Å². The van der Waals surface area contributed by atoms with Crippen LogP contribution in [0.5, 0.6) is 11.5 Å². The quantitative estimate of drug-likeness (QED) is 0.137. The van der Waals surface area contributed by atoms with Gasteiger partial charge in [0.05, 0.1) is 12.1 Å². The molecule has 51 heavy (non-hydrogen) atoms. The molecule has 4 aromatic carbocycles. The second-order valence-electron chi connectivity index (χ2n) is 12.3. The maximum Gasteiger partial charge on any atom is 0.283 e. The predicted molar refractivity (Wildman–Crippen MR) is 203 cm³/mol. The highest BCUT2D eigenvalue weighted by Crippen LogP contribution is 2.33. The zero-order chi connectivity index (χ0) is 35.2. The number of rotatable bonds is 12. The zero-order valence-corrected chi connectivity index (χ0v) is 30.1. The molecule has 0 saturated carbocycles. The second-order valence-corrected chi connectivity index (χ2v) is 16.0. The van der Waals surface area contributed by atoms with E-state index in [0.717, 1.165) is 32.0 Å². The third kappa shape index (κ3) is 8.10. The van der Waals surface area contributed by atoms with Crippen molar-refractivity contribution in [3.05, 3.63) is 155 Å². The van der Waals surface area contributed by atoms with Crippen molar-refractivity contribution in [3.63, 3.8) is 0 Å². The van der Waals surface area contributed by atoms with Crippen LogP contribution in [0.4, 0.5) is 0 Å². The van der Waals surface area contributed by atoms with Crippen molar-refractivity contribution in [1.82, 2.24) is 8.61 Å². The predicted octanol–water partition coefficient (Wildman–Crippen LogP) is 7.32. The van der Waals surface area contributed by atoms with Crippen LogP contribution < -0.4 is 9.47 Å². The average Bonchev–Trinajstić information content (AvgIpc) is 3.90. The van der Waals surface area contributed by atoms with Crippen LogP contribution in [0.3, 0.4) is 0 Å². The Hall–Kier alpha value is -4.33. The Balaban J connectivity index is 1.28. The molecule has 0 unspecified atom stereocenters. The summed E-state index contributed by atoms with van der Waals surface area (Å²) in [5.74, 6) is 1.04. The molecule has 1 aliphatic heterocycles. The number of hydrogen-bond acceptors (Lipinski definition) is 8. The Bertz CT molecular complexity index is 2080. The summed E-state index contributed by atoms with van der Waals surface area (Å²) >= 11 is 3.23. The normalized spacial score (nSPS) is 20.8. The van der Waals surface area contributed by atoms with Crippen molar-refractivity contribution in [2.24, 2.45) is 0 Å². The second kappa shape index (κ2) is 15.9. The smallest absolute Gasteiger partial charge is 0.283 e. The van der Waals surface area contributed by atoms with Gasteiger partial charge in [0.15, 0.2) is 0 Å². The van der Waals surface area contributed by atoms with Crippen LogP contribution in [0.1, 0.15) is 11.1 Å². The van der Waals surface area contributed by atoms with E-state index in [2.05, 4.69) is 0 Å². The summed E-state index contributed by atoms with van der Waals surface area (Å²) in [6, 6.07) is 39.3. The molecule has 4 atom stereocenters. The Kier molecular flexibility index (Phi) is 11.0. The van der Waals surface area contributed by atoms with Crippen LogP contribution in [0.15, 0.2) is 144 Å². The van der Waals surface area contributed by atoms with Gasteiger partial charge < -0.3 is 19.7 Å². The number of thiophene rings is 2. The molecule has 2 aromatic heterocycles. The van der Waals surface area contributed by atoms with Gasteiger partial charge in [-0.25, -0.2) is 0 Å². The van der Waals surface area contributed by atoms with Crippen molar-refractivity contribution in [1.29, 1.82) is 0 Å². The van der Waals surface area contributed by atoms with E-state index in [9.17, 15) is 10.2 Å². The molecule has 1 saturated heterocycles. The third-order valence-electron chi connectivity index (χ3n) is 8.97. The van der Waals surface area contributed by atoms with Crippen LogP contribution >= 0.6 is 22.7 Å². The molecule has 0 bridgehead atoms. The standard InChI is InChI=1S/C40H38N2O6S3/c43-39-35(27-47-33-12-3-1-4-13-33)41(25-29-18-20-31(21-19-29)37-16-8-22-49-37)51(45,46)42(36(40(39)44)28-48-34-14-5-2-6-15-34)26-30-10-7-11-32(24-30)38-17-9-23-50-38/h1-24,35-36,39-40,43-44H,25-28H2/t35-,36-,39+,40+/m0/s1. The molecule has 0 spiro atoms. The summed E-state index contributed by atoms with van der Waals surface area (Å²) < 4.78 is 45.1. The van der Waals surface area contributed by atoms with Crippen LogP contribution in [-0.2, 0) is 23.3 Å². The summed E-state index contributed by atoms with van der Waals surface area (Å²) in [5, 5.41) is 27.9. The Morgan fingerprint density at radius 1 is 0.549 bits per heavy atom. The number of benzene rings is 4. The minimum absolute atomic E-state index is 0.0579. The lowest BCUT2D eigenvalue weighted by Crippen LogP contribution is -2.52. The molecular weight excluding hydrogens is 701 g/mol. The van der Waals surface area contributed by atoms with Crippen molar-refractivity contribution in [2.75, 3.05) is 13.2 Å². The van der Waals surface area contributed by atoms with Gasteiger partial charge in [0.2, 0.25) is 0 Å². The summed E-state index contributed by atoms with van der Waals surface area (Å²) in [6.07, 6.45) is -3.03. The Morgan fingerprint density at radius 2 is 1.06 bits per heavy atom. The highest BCUT2D eigenvalue weighted by atomic mass is 32.2. The first-order valence-electron chi connectivity index (χ1n) is 16.6. The Labute approximate surface area is 306 Å². The molecular formula is C40H38N2O6S3. The van der Waals surface area contributed by atoms with Gasteiger partial charge in [-0.2, -0.15) is 17.0 Å². The number of aliphatic hydroxyl groups excluding tert-OH is 2. The van der Waals surface area contributed by atoms with Gasteiger partial charge >= 0.3 is 0 Å². The fraction of sp³-hybridized carbons (Fsp3) is 0.200. The van der Waals surface area contributed by atoms with Gasteiger partial charge in [-0.3, -0.25) is 0 Å². The van der Waals surface area contributed by atoms with Crippen LogP contribution in [0.2, 0.25) is 0 Å². The van der Waals surface area contributed by atoms with Gasteiger partial charge in [0.25, 0.3) is 10.2 Å². The molecule has 8 nitrogen and oxygen atoms in total. The fourth-order valence-electron chi connectivity index (χ4n) is 6.27. The first-order valence-corrected chi connectivity index (χ1v) is 19.8. The molecule has 1 fully saturated rings. The molecule has 0 radical (unpaired) electrons. The van der Waals surface area contributed by atoms with E-state index in [0.29, 0.717) is 11.5 Å². The first-order chi connectivity index (χ1) is 24.9. The van der Waals surface area contributed by atoms with Gasteiger partial charge in [0.1, 0.15) is 36.9 Å². The fourth-order valence-corrected chi connectivity index (χ4v) is 9.68. The molecule has 262 valence electrons. The topological polar surface area (TPSA) is 99.5 Å². The van der Waals surface area contributed by atoms with E-state index in [4.69, 9.17) is 9.47 Å². The van der Waals surface area contributed by atoms with E-state index >= 15 is 8.42 Å². The van der Waals surface area contributed by atoms with E-state index in [1.54, 1.807) is 46.9 Å². The lowest BCUT2D eigenvalue weighted by Gasteiger charge is -2.34. The third-order valence-corrected chi connectivity index (χ3v) is 12.8. The number of hydrogen-bond donors (Lipinski definition) is 2. The number of aliphatic hydroxyl groups is 2. The van der Waals surface area contributed by atoms with Crippen molar-refractivity contribution in [3.8, 4) is 32.4 Å². The monoisotopic (exact) mass is 738 g/mol. The lowest BCUT2D eigenvalue weighted by atomic mass is 9.98. The maximum atomic E-state index is 15.2. The minimum Gasteiger partial charge on any atom is -0.492 e. The molecule has 7 rings (SSSR count). The van der Waals surface area contributed by atoms with Gasteiger partial charge in [0, 0.05) is 22.8 Å². The largest absolute Gasteiger partial charge is 0.492 e. The SMILES string of the molecule is O=S1(=O)N(Cc2ccc(-c3cccs3)cc2)[C@@H](COc2ccccc2)[C@@H](O)[C@H](O)[C@H](COc2ccccc2)N1Cc1cccc(-c2cccs2)c1. The van der Waals surface area contributed by atoms with Crippen LogP contribution in [0, 0.1) is 0 Å². The van der Waals surface area contributed by atoms with E-state index in [-0.39, 0.29) is 26.3 Å². The summed E-state index contributed by atoms with van der Waals surface area (Å²) in [6.45, 7) is -0.504. The van der Waals surface area contributed by atoms with E-state index in [1.807, 2.05) is 120 Å². The zero-order valence-electron chi connectivity index (χ0n) is 27.6. The highest BCUT2D eigenvalue weighted by molar-refractivity contribution is 7.86. The van der Waals surface area contributed by atoms with Crippen LogP contribution in [-0.4, -0.2) is 64.7 Å². The highest BCUT2D eigenvalue weighted by Gasteiger charge is 2.51. The van der Waals surface area contributed by atoms with E-state index in [1.165, 1.54) is 8.61 Å². The minimum atomic E-state index is -4.40. The number of para-hydroxylation sites is 2. The number of nitrogens with zero attached hydrogens (tertiary/aromatic N) is 2. The maximum absolute atomic E-state index is 15.2. The molecule has 11 heteroatoms. The molecule has 6 aromatic rings. The Morgan fingerprint density at radius 3 is 1.57 bits per heavy atom. The summed E-state index contributed by atoms with van der Waals surface area (Å²) in [4.78, 5) is 2.16. The molecule has 2 N–H and O–H groups in total. The summed E-state index contributed by atoms with van der Waals surface area (Å²) in [5.41, 5.74) is 3.44. The molecule has 0 aliphatic carbocycles. The lowest BCUT2D eigenvalue weighted by molar-refractivity contribution is -0.0565. The number of ether oxygens (including phenoxy) is 2. The average molecular weight is 739 g/mol. The van der Waals surface area contributed by atoms with Crippen molar-refractivity contribution in [2.45, 2.75) is 37.4 Å². The van der Waals surface area contributed by atoms with E-state index < -0.39 is 34.5 Å². The summed E-state index contributed by atoms with van der Waals surface area (Å²) in [7, 11) is -4.40. The van der Waals surface area contributed by atoms with Crippen LogP contribution in [0.25, 0.3) is 20.9 Å².